The standard InChI is InChI=1S/C21H16BrN7O2/c22-18-10-17(11-23-12-18)21(31)26-25-20(30)16-8-6-14(7-9-16)13-29-27-19(24-28-29)15-4-2-1-3-5-15/h1-12H,13H2,(H,25,30)(H,26,31). The molecule has 0 aliphatic carbocycles. The minimum atomic E-state index is -0.467. The van der Waals surface area contributed by atoms with E-state index >= 15 is 0 Å². The van der Waals surface area contributed by atoms with Crippen LogP contribution >= 0.6 is 15.9 Å². The molecule has 0 unspecified atom stereocenters. The Labute approximate surface area is 185 Å². The number of pyridine rings is 1. The second-order valence-corrected chi connectivity index (χ2v) is 7.42. The third-order valence-electron chi connectivity index (χ3n) is 4.28. The van der Waals surface area contributed by atoms with Gasteiger partial charge in [-0.3, -0.25) is 25.4 Å². The van der Waals surface area contributed by atoms with Gasteiger partial charge in [-0.15, -0.1) is 10.2 Å². The zero-order valence-corrected chi connectivity index (χ0v) is 17.7. The molecule has 0 saturated carbocycles. The molecule has 0 bridgehead atoms. The first-order chi connectivity index (χ1) is 15.1. The van der Waals surface area contributed by atoms with Crippen molar-refractivity contribution in [3.63, 3.8) is 0 Å². The summed E-state index contributed by atoms with van der Waals surface area (Å²) in [6, 6.07) is 18.1. The van der Waals surface area contributed by atoms with E-state index in [2.05, 4.69) is 47.2 Å². The van der Waals surface area contributed by atoms with E-state index in [-0.39, 0.29) is 0 Å². The monoisotopic (exact) mass is 477 g/mol. The second kappa shape index (κ2) is 9.26. The molecule has 154 valence electrons. The molecule has 0 saturated heterocycles. The molecule has 2 heterocycles. The summed E-state index contributed by atoms with van der Waals surface area (Å²) in [6.45, 7) is 0.411. The molecule has 2 N–H and O–H groups in total. The van der Waals surface area contributed by atoms with Crippen LogP contribution in [0, 0.1) is 0 Å². The Morgan fingerprint density at radius 3 is 2.32 bits per heavy atom. The van der Waals surface area contributed by atoms with Crippen LogP contribution in [0.2, 0.25) is 0 Å². The van der Waals surface area contributed by atoms with Gasteiger partial charge in [0, 0.05) is 28.0 Å². The molecule has 0 aliphatic rings. The summed E-state index contributed by atoms with van der Waals surface area (Å²) in [4.78, 5) is 29.8. The zero-order chi connectivity index (χ0) is 21.6. The van der Waals surface area contributed by atoms with Gasteiger partial charge in [-0.05, 0) is 44.9 Å². The van der Waals surface area contributed by atoms with Gasteiger partial charge in [0.2, 0.25) is 5.82 Å². The molecular formula is C21H16BrN7O2. The number of hydrogen-bond acceptors (Lipinski definition) is 6. The van der Waals surface area contributed by atoms with Crippen molar-refractivity contribution in [3.05, 3.63) is 94.2 Å². The normalized spacial score (nSPS) is 10.5. The second-order valence-electron chi connectivity index (χ2n) is 6.51. The van der Waals surface area contributed by atoms with E-state index in [4.69, 9.17) is 0 Å². The quantitative estimate of drug-likeness (QED) is 0.427. The number of aromatic nitrogens is 5. The largest absolute Gasteiger partial charge is 0.271 e. The van der Waals surface area contributed by atoms with E-state index < -0.39 is 11.8 Å². The van der Waals surface area contributed by atoms with Gasteiger partial charge in [0.15, 0.2) is 0 Å². The lowest BCUT2D eigenvalue weighted by Gasteiger charge is -2.08. The maximum atomic E-state index is 12.3. The number of rotatable bonds is 5. The topological polar surface area (TPSA) is 115 Å². The third-order valence-corrected chi connectivity index (χ3v) is 4.72. The first-order valence-electron chi connectivity index (χ1n) is 9.22. The molecule has 0 aliphatic heterocycles. The van der Waals surface area contributed by atoms with E-state index in [1.165, 1.54) is 11.0 Å². The van der Waals surface area contributed by atoms with Crippen molar-refractivity contribution in [2.45, 2.75) is 6.54 Å². The van der Waals surface area contributed by atoms with E-state index in [0.717, 1.165) is 11.1 Å². The fraction of sp³-hybridized carbons (Fsp3) is 0.0476. The first-order valence-corrected chi connectivity index (χ1v) is 10.0. The molecule has 9 nitrogen and oxygen atoms in total. The number of nitrogens with one attached hydrogen (secondary N) is 2. The summed E-state index contributed by atoms with van der Waals surface area (Å²) in [5, 5.41) is 12.5. The zero-order valence-electron chi connectivity index (χ0n) is 16.1. The highest BCUT2D eigenvalue weighted by molar-refractivity contribution is 9.10. The average Bonchev–Trinajstić information content (AvgIpc) is 3.27. The Balaban J connectivity index is 1.34. The SMILES string of the molecule is O=C(NNC(=O)c1cncc(Br)c1)c1ccc(Cn2nnc(-c3ccccc3)n2)cc1. The van der Waals surface area contributed by atoms with Crippen molar-refractivity contribution >= 4 is 27.7 Å². The summed E-state index contributed by atoms with van der Waals surface area (Å²) >= 11 is 3.25. The number of benzene rings is 2. The smallest absolute Gasteiger partial charge is 0.267 e. The number of hydrazine groups is 1. The Morgan fingerprint density at radius 2 is 1.61 bits per heavy atom. The fourth-order valence-electron chi connectivity index (χ4n) is 2.73. The summed E-state index contributed by atoms with van der Waals surface area (Å²) in [6.07, 6.45) is 2.97. The van der Waals surface area contributed by atoms with Crippen LogP contribution in [0.3, 0.4) is 0 Å². The summed E-state index contributed by atoms with van der Waals surface area (Å²) in [5.41, 5.74) is 7.26. The minimum Gasteiger partial charge on any atom is -0.267 e. The Morgan fingerprint density at radius 1 is 0.903 bits per heavy atom. The van der Waals surface area contributed by atoms with Gasteiger partial charge in [0.25, 0.3) is 11.8 Å². The van der Waals surface area contributed by atoms with Crippen LogP contribution in [-0.4, -0.2) is 37.0 Å². The highest BCUT2D eigenvalue weighted by atomic mass is 79.9. The number of halogens is 1. The molecule has 10 heteroatoms. The number of amides is 2. The summed E-state index contributed by atoms with van der Waals surface area (Å²) in [7, 11) is 0. The van der Waals surface area contributed by atoms with E-state index in [0.29, 0.717) is 28.0 Å². The summed E-state index contributed by atoms with van der Waals surface area (Å²) < 4.78 is 0.667. The lowest BCUT2D eigenvalue weighted by atomic mass is 10.1. The maximum absolute atomic E-state index is 12.3. The van der Waals surface area contributed by atoms with Gasteiger partial charge in [-0.2, -0.15) is 4.80 Å². The van der Waals surface area contributed by atoms with Gasteiger partial charge in [0.1, 0.15) is 0 Å². The van der Waals surface area contributed by atoms with Crippen molar-refractivity contribution < 1.29 is 9.59 Å². The summed E-state index contributed by atoms with van der Waals surface area (Å²) in [5.74, 6) is -0.355. The van der Waals surface area contributed by atoms with Crippen LogP contribution in [0.1, 0.15) is 26.3 Å². The Hall–Kier alpha value is -3.92. The van der Waals surface area contributed by atoms with Gasteiger partial charge in [-0.25, -0.2) is 0 Å². The van der Waals surface area contributed by atoms with Gasteiger partial charge < -0.3 is 0 Å². The third kappa shape index (κ3) is 5.17. The Bertz CT molecular complexity index is 1210. The highest BCUT2D eigenvalue weighted by Crippen LogP contribution is 2.13. The molecule has 0 fully saturated rings. The molecule has 2 aromatic carbocycles. The number of carbonyl (C=O) groups is 2. The van der Waals surface area contributed by atoms with Crippen LogP contribution in [0.5, 0.6) is 0 Å². The highest BCUT2D eigenvalue weighted by Gasteiger charge is 2.11. The first kappa shape index (κ1) is 20.4. The molecule has 31 heavy (non-hydrogen) atoms. The molecule has 0 atom stereocenters. The van der Waals surface area contributed by atoms with E-state index in [9.17, 15) is 9.59 Å². The number of carbonyl (C=O) groups excluding carboxylic acids is 2. The van der Waals surface area contributed by atoms with Crippen molar-refractivity contribution in [2.24, 2.45) is 0 Å². The van der Waals surface area contributed by atoms with Crippen molar-refractivity contribution in [3.8, 4) is 11.4 Å². The van der Waals surface area contributed by atoms with Crippen LogP contribution in [0.15, 0.2) is 77.5 Å². The van der Waals surface area contributed by atoms with Crippen LogP contribution in [0.25, 0.3) is 11.4 Å². The minimum absolute atomic E-state index is 0.320. The number of nitrogens with zero attached hydrogens (tertiary/aromatic N) is 5. The molecule has 2 amide bonds. The van der Waals surface area contributed by atoms with E-state index in [1.807, 2.05) is 30.3 Å². The van der Waals surface area contributed by atoms with Crippen LogP contribution < -0.4 is 10.9 Å². The predicted molar refractivity (Wildman–Crippen MR) is 116 cm³/mol. The molecular weight excluding hydrogens is 462 g/mol. The number of hydrogen-bond donors (Lipinski definition) is 2. The fourth-order valence-corrected chi connectivity index (χ4v) is 3.10. The molecule has 4 aromatic rings. The van der Waals surface area contributed by atoms with E-state index in [1.54, 1.807) is 36.5 Å². The van der Waals surface area contributed by atoms with Gasteiger partial charge in [0.05, 0.1) is 12.1 Å². The predicted octanol–water partition coefficient (Wildman–Crippen LogP) is 2.62. The van der Waals surface area contributed by atoms with Gasteiger partial charge >= 0.3 is 0 Å². The lowest BCUT2D eigenvalue weighted by Crippen LogP contribution is -2.41. The molecule has 0 spiro atoms. The van der Waals surface area contributed by atoms with Gasteiger partial charge in [-0.1, -0.05) is 42.5 Å². The lowest BCUT2D eigenvalue weighted by molar-refractivity contribution is 0.0846. The van der Waals surface area contributed by atoms with Crippen LogP contribution in [0.4, 0.5) is 0 Å². The van der Waals surface area contributed by atoms with Crippen LogP contribution in [-0.2, 0) is 6.54 Å². The molecule has 4 rings (SSSR count). The maximum Gasteiger partial charge on any atom is 0.271 e. The van der Waals surface area contributed by atoms with Crippen molar-refractivity contribution in [1.82, 2.24) is 36.0 Å². The van der Waals surface area contributed by atoms with Crippen molar-refractivity contribution in [1.29, 1.82) is 0 Å². The number of tetrazole rings is 1. The average molecular weight is 478 g/mol. The van der Waals surface area contributed by atoms with Crippen molar-refractivity contribution in [2.75, 3.05) is 0 Å². The molecule has 0 radical (unpaired) electrons. The Kier molecular flexibility index (Phi) is 6.08. The molecule has 2 aromatic heterocycles.